The van der Waals surface area contributed by atoms with E-state index >= 15 is 0 Å². The summed E-state index contributed by atoms with van der Waals surface area (Å²) < 4.78 is 0. The van der Waals surface area contributed by atoms with Gasteiger partial charge in [-0.3, -0.25) is 4.79 Å². The SMILES string of the molecule is CCc1nc(NCC2CC(O)C2)cc(=O)[nH]1. The lowest BCUT2D eigenvalue weighted by Gasteiger charge is -2.31. The largest absolute Gasteiger partial charge is 0.393 e. The van der Waals surface area contributed by atoms with Gasteiger partial charge in [-0.25, -0.2) is 4.98 Å². The fourth-order valence-electron chi connectivity index (χ4n) is 1.88. The number of aromatic amines is 1. The fourth-order valence-corrected chi connectivity index (χ4v) is 1.88. The number of anilines is 1. The van der Waals surface area contributed by atoms with Crippen molar-refractivity contribution in [1.82, 2.24) is 9.97 Å². The molecule has 1 saturated carbocycles. The van der Waals surface area contributed by atoms with Crippen LogP contribution in [0.5, 0.6) is 0 Å². The van der Waals surface area contributed by atoms with Crippen LogP contribution in [0.15, 0.2) is 10.9 Å². The number of aliphatic hydroxyl groups is 1. The number of hydrogen-bond donors (Lipinski definition) is 3. The monoisotopic (exact) mass is 223 g/mol. The molecule has 0 unspecified atom stereocenters. The van der Waals surface area contributed by atoms with E-state index in [0.29, 0.717) is 24.0 Å². The van der Waals surface area contributed by atoms with Gasteiger partial charge < -0.3 is 15.4 Å². The highest BCUT2D eigenvalue weighted by Crippen LogP contribution is 2.26. The van der Waals surface area contributed by atoms with E-state index in [1.54, 1.807) is 0 Å². The van der Waals surface area contributed by atoms with Crippen molar-refractivity contribution in [1.29, 1.82) is 0 Å². The molecule has 5 nitrogen and oxygen atoms in total. The molecule has 5 heteroatoms. The van der Waals surface area contributed by atoms with Gasteiger partial charge in [0, 0.05) is 19.0 Å². The molecule has 1 fully saturated rings. The molecular formula is C11H17N3O2. The maximum Gasteiger partial charge on any atom is 0.252 e. The van der Waals surface area contributed by atoms with Crippen molar-refractivity contribution >= 4 is 5.82 Å². The first-order chi connectivity index (χ1) is 7.67. The number of aliphatic hydroxyl groups excluding tert-OH is 1. The Morgan fingerprint density at radius 2 is 2.38 bits per heavy atom. The van der Waals surface area contributed by atoms with Crippen LogP contribution in [0.4, 0.5) is 5.82 Å². The molecule has 0 spiro atoms. The van der Waals surface area contributed by atoms with E-state index < -0.39 is 0 Å². The van der Waals surface area contributed by atoms with E-state index in [4.69, 9.17) is 5.11 Å². The van der Waals surface area contributed by atoms with Crippen molar-refractivity contribution in [3.05, 3.63) is 22.2 Å². The Balaban J connectivity index is 1.93. The standard InChI is InChI=1S/C11H17N3O2/c1-2-9-13-10(5-11(16)14-9)12-6-7-3-8(15)4-7/h5,7-8,15H,2-4,6H2,1H3,(H2,12,13,14,16). The lowest BCUT2D eigenvalue weighted by Crippen LogP contribution is -2.33. The minimum absolute atomic E-state index is 0.122. The Morgan fingerprint density at radius 3 is 3.00 bits per heavy atom. The minimum Gasteiger partial charge on any atom is -0.393 e. The summed E-state index contributed by atoms with van der Waals surface area (Å²) in [6, 6.07) is 1.47. The molecule has 1 aromatic heterocycles. The maximum atomic E-state index is 11.3. The summed E-state index contributed by atoms with van der Waals surface area (Å²) in [4.78, 5) is 18.2. The van der Waals surface area contributed by atoms with Crippen LogP contribution >= 0.6 is 0 Å². The zero-order valence-electron chi connectivity index (χ0n) is 9.36. The Labute approximate surface area is 93.9 Å². The summed E-state index contributed by atoms with van der Waals surface area (Å²) in [5.41, 5.74) is -0.122. The average molecular weight is 223 g/mol. The molecule has 1 aliphatic rings. The van der Waals surface area contributed by atoms with Crippen molar-refractivity contribution in [2.24, 2.45) is 5.92 Å². The smallest absolute Gasteiger partial charge is 0.252 e. The van der Waals surface area contributed by atoms with E-state index in [2.05, 4.69) is 15.3 Å². The molecular weight excluding hydrogens is 206 g/mol. The molecule has 0 atom stereocenters. The van der Waals surface area contributed by atoms with Gasteiger partial charge in [-0.1, -0.05) is 6.92 Å². The normalized spacial score (nSPS) is 23.9. The third-order valence-corrected chi connectivity index (χ3v) is 2.91. The number of aryl methyl sites for hydroxylation is 1. The zero-order valence-corrected chi connectivity index (χ0v) is 9.36. The molecule has 2 rings (SSSR count). The van der Waals surface area contributed by atoms with Crippen molar-refractivity contribution in [3.8, 4) is 0 Å². The quantitative estimate of drug-likeness (QED) is 0.695. The molecule has 0 amide bonds. The van der Waals surface area contributed by atoms with Crippen molar-refractivity contribution in [2.75, 3.05) is 11.9 Å². The summed E-state index contributed by atoms with van der Waals surface area (Å²) >= 11 is 0. The highest BCUT2D eigenvalue weighted by atomic mass is 16.3. The van der Waals surface area contributed by atoms with Crippen LogP contribution in [0.3, 0.4) is 0 Å². The van der Waals surface area contributed by atoms with Gasteiger partial charge in [0.2, 0.25) is 0 Å². The third kappa shape index (κ3) is 2.61. The van der Waals surface area contributed by atoms with Gasteiger partial charge in [-0.2, -0.15) is 0 Å². The number of H-pyrrole nitrogens is 1. The first kappa shape index (κ1) is 11.1. The highest BCUT2D eigenvalue weighted by molar-refractivity contribution is 5.33. The van der Waals surface area contributed by atoms with Crippen LogP contribution in [0.2, 0.25) is 0 Å². The lowest BCUT2D eigenvalue weighted by atomic mass is 9.82. The van der Waals surface area contributed by atoms with Crippen LogP contribution in [0.1, 0.15) is 25.6 Å². The topological polar surface area (TPSA) is 78.0 Å². The molecule has 0 aliphatic heterocycles. The summed E-state index contributed by atoms with van der Waals surface area (Å²) in [5, 5.41) is 12.3. The second kappa shape index (κ2) is 4.65. The van der Waals surface area contributed by atoms with Gasteiger partial charge in [-0.05, 0) is 18.8 Å². The van der Waals surface area contributed by atoms with E-state index in [0.717, 1.165) is 19.4 Å². The summed E-state index contributed by atoms with van der Waals surface area (Å²) in [7, 11) is 0. The zero-order chi connectivity index (χ0) is 11.5. The van der Waals surface area contributed by atoms with Crippen molar-refractivity contribution < 1.29 is 5.11 Å². The third-order valence-electron chi connectivity index (χ3n) is 2.91. The Morgan fingerprint density at radius 1 is 1.62 bits per heavy atom. The number of hydrogen-bond acceptors (Lipinski definition) is 4. The molecule has 88 valence electrons. The van der Waals surface area contributed by atoms with Crippen molar-refractivity contribution in [3.63, 3.8) is 0 Å². The lowest BCUT2D eigenvalue weighted by molar-refractivity contribution is 0.0486. The molecule has 0 aromatic carbocycles. The Kier molecular flexibility index (Phi) is 3.24. The summed E-state index contributed by atoms with van der Waals surface area (Å²) in [6.45, 7) is 2.72. The molecule has 1 heterocycles. The Bertz CT molecular complexity index is 410. The molecule has 1 aliphatic carbocycles. The molecule has 0 radical (unpaired) electrons. The van der Waals surface area contributed by atoms with Crippen molar-refractivity contribution in [2.45, 2.75) is 32.3 Å². The van der Waals surface area contributed by atoms with Gasteiger partial charge in [0.15, 0.2) is 0 Å². The first-order valence-corrected chi connectivity index (χ1v) is 5.69. The average Bonchev–Trinajstić information content (AvgIpc) is 2.22. The van der Waals surface area contributed by atoms with Crippen LogP contribution in [0, 0.1) is 5.92 Å². The summed E-state index contributed by atoms with van der Waals surface area (Å²) in [6.07, 6.45) is 2.27. The number of nitrogens with zero attached hydrogens (tertiary/aromatic N) is 1. The molecule has 0 bridgehead atoms. The molecule has 3 N–H and O–H groups in total. The summed E-state index contributed by atoms with van der Waals surface area (Å²) in [5.74, 6) is 1.83. The van der Waals surface area contributed by atoms with Crippen LogP contribution in [-0.2, 0) is 6.42 Å². The fraction of sp³-hybridized carbons (Fsp3) is 0.636. The molecule has 1 aromatic rings. The van der Waals surface area contributed by atoms with Gasteiger partial charge in [0.05, 0.1) is 6.10 Å². The minimum atomic E-state index is -0.134. The van der Waals surface area contributed by atoms with E-state index in [-0.39, 0.29) is 11.7 Å². The van der Waals surface area contributed by atoms with Crippen LogP contribution in [-0.4, -0.2) is 27.7 Å². The van der Waals surface area contributed by atoms with Gasteiger partial charge in [0.1, 0.15) is 11.6 Å². The number of nitrogens with one attached hydrogen (secondary N) is 2. The van der Waals surface area contributed by atoms with Gasteiger partial charge in [-0.15, -0.1) is 0 Å². The predicted octanol–water partition coefficient (Wildman–Crippen LogP) is 0.515. The highest BCUT2D eigenvalue weighted by Gasteiger charge is 2.26. The van der Waals surface area contributed by atoms with Gasteiger partial charge >= 0.3 is 0 Å². The Hall–Kier alpha value is -1.36. The first-order valence-electron chi connectivity index (χ1n) is 5.69. The molecule has 0 saturated heterocycles. The molecule has 16 heavy (non-hydrogen) atoms. The maximum absolute atomic E-state index is 11.3. The van der Waals surface area contributed by atoms with E-state index in [1.165, 1.54) is 6.07 Å². The van der Waals surface area contributed by atoms with Crippen LogP contribution in [0.25, 0.3) is 0 Å². The second-order valence-corrected chi connectivity index (χ2v) is 4.30. The van der Waals surface area contributed by atoms with Gasteiger partial charge in [0.25, 0.3) is 5.56 Å². The van der Waals surface area contributed by atoms with E-state index in [1.807, 2.05) is 6.92 Å². The predicted molar refractivity (Wildman–Crippen MR) is 61.5 cm³/mol. The number of aromatic nitrogens is 2. The van der Waals surface area contributed by atoms with E-state index in [9.17, 15) is 4.79 Å². The second-order valence-electron chi connectivity index (χ2n) is 4.30. The van der Waals surface area contributed by atoms with Crippen LogP contribution < -0.4 is 10.9 Å². The number of rotatable bonds is 4.